The largest absolute Gasteiger partial charge is 0.378 e. The number of Topliss-reactive ketones (excluding diaryl/α,β-unsaturated/α-hetero) is 3. The third-order valence-corrected chi connectivity index (χ3v) is 5.29. The van der Waals surface area contributed by atoms with Crippen molar-refractivity contribution in [2.75, 3.05) is 39.6 Å². The highest BCUT2D eigenvalue weighted by atomic mass is 16.5. The van der Waals surface area contributed by atoms with Crippen LogP contribution in [0.3, 0.4) is 0 Å². The first-order valence-corrected chi connectivity index (χ1v) is 13.0. The monoisotopic (exact) mass is 499 g/mol. The van der Waals surface area contributed by atoms with Crippen LogP contribution in [-0.2, 0) is 33.4 Å². The van der Waals surface area contributed by atoms with E-state index in [2.05, 4.69) is 5.32 Å². The Morgan fingerprint density at radius 2 is 1.03 bits per heavy atom. The molecule has 0 saturated heterocycles. The molecule has 1 N–H and O–H groups in total. The number of carbonyl (C=O) groups excluding carboxylic acids is 4. The van der Waals surface area contributed by atoms with Gasteiger partial charge in [0.25, 0.3) is 0 Å². The van der Waals surface area contributed by atoms with E-state index in [1.165, 1.54) is 0 Å². The SMILES string of the molecule is CCC(=O)CCOCC(COCCC(=O)CC(C)C)(COCCC(=O)CC(C)C)NC(=O)C(C)C. The molecular weight excluding hydrogens is 450 g/mol. The average molecular weight is 500 g/mol. The van der Waals surface area contributed by atoms with Gasteiger partial charge in [-0.15, -0.1) is 0 Å². The fourth-order valence-electron chi connectivity index (χ4n) is 3.29. The molecule has 0 radical (unpaired) electrons. The second-order valence-corrected chi connectivity index (χ2v) is 10.5. The first-order valence-electron chi connectivity index (χ1n) is 13.0. The van der Waals surface area contributed by atoms with Crippen LogP contribution in [0.25, 0.3) is 0 Å². The van der Waals surface area contributed by atoms with E-state index in [0.29, 0.717) is 38.5 Å². The Morgan fingerprint density at radius 3 is 1.34 bits per heavy atom. The summed E-state index contributed by atoms with van der Waals surface area (Å²) in [4.78, 5) is 48.3. The molecule has 8 nitrogen and oxygen atoms in total. The van der Waals surface area contributed by atoms with Gasteiger partial charge in [0.1, 0.15) is 22.9 Å². The molecule has 0 aromatic heterocycles. The van der Waals surface area contributed by atoms with E-state index in [4.69, 9.17) is 14.2 Å². The minimum Gasteiger partial charge on any atom is -0.378 e. The van der Waals surface area contributed by atoms with E-state index in [0.717, 1.165) is 0 Å². The highest BCUT2D eigenvalue weighted by Crippen LogP contribution is 2.13. The third kappa shape index (κ3) is 17.4. The van der Waals surface area contributed by atoms with Gasteiger partial charge in [-0.3, -0.25) is 19.2 Å². The number of nitrogens with one attached hydrogen (secondary N) is 1. The van der Waals surface area contributed by atoms with Crippen LogP contribution in [0.15, 0.2) is 0 Å². The lowest BCUT2D eigenvalue weighted by Crippen LogP contribution is -2.59. The van der Waals surface area contributed by atoms with E-state index in [-0.39, 0.29) is 80.7 Å². The minimum atomic E-state index is -1.00. The molecule has 0 rings (SSSR count). The molecule has 0 aromatic rings. The van der Waals surface area contributed by atoms with Crippen molar-refractivity contribution in [3.05, 3.63) is 0 Å². The predicted molar refractivity (Wildman–Crippen MR) is 136 cm³/mol. The standard InChI is InChI=1S/C27H49NO7/c1-8-23(29)9-12-33-17-27(28-26(32)22(6)7,18-34-13-10-24(30)15-20(2)3)19-35-14-11-25(31)16-21(4)5/h20-22H,8-19H2,1-7H3,(H,28,32). The summed E-state index contributed by atoms with van der Waals surface area (Å²) in [5, 5.41) is 3.00. The number of hydrogen-bond donors (Lipinski definition) is 1. The lowest BCUT2D eigenvalue weighted by molar-refractivity contribution is -0.132. The molecule has 0 spiro atoms. The number of ether oxygens (including phenoxy) is 3. The van der Waals surface area contributed by atoms with Crippen LogP contribution < -0.4 is 5.32 Å². The predicted octanol–water partition coefficient (Wildman–Crippen LogP) is 3.93. The molecule has 0 unspecified atom stereocenters. The number of amides is 1. The maximum absolute atomic E-state index is 12.6. The lowest BCUT2D eigenvalue weighted by atomic mass is 10.0. The van der Waals surface area contributed by atoms with Gasteiger partial charge >= 0.3 is 0 Å². The number of hydrogen-bond acceptors (Lipinski definition) is 7. The Labute approximate surface area is 212 Å². The highest BCUT2D eigenvalue weighted by molar-refractivity contribution is 5.79. The van der Waals surface area contributed by atoms with Crippen LogP contribution in [0.2, 0.25) is 0 Å². The van der Waals surface area contributed by atoms with Crippen LogP contribution in [0.4, 0.5) is 0 Å². The number of carbonyl (C=O) groups is 4. The Kier molecular flexibility index (Phi) is 17.7. The van der Waals surface area contributed by atoms with Crippen LogP contribution in [-0.4, -0.2) is 68.4 Å². The summed E-state index contributed by atoms with van der Waals surface area (Å²) in [7, 11) is 0. The van der Waals surface area contributed by atoms with Crippen molar-refractivity contribution in [1.29, 1.82) is 0 Å². The molecule has 0 fully saturated rings. The van der Waals surface area contributed by atoms with Crippen molar-refractivity contribution in [3.63, 3.8) is 0 Å². The Bertz CT molecular complexity index is 613. The number of rotatable bonds is 22. The van der Waals surface area contributed by atoms with Gasteiger partial charge in [0.05, 0.1) is 39.6 Å². The fourth-order valence-corrected chi connectivity index (χ4v) is 3.29. The maximum Gasteiger partial charge on any atom is 0.223 e. The molecule has 204 valence electrons. The molecule has 0 aliphatic heterocycles. The Balaban J connectivity index is 5.23. The molecule has 0 aliphatic carbocycles. The Morgan fingerprint density at radius 1 is 0.657 bits per heavy atom. The first-order chi connectivity index (χ1) is 16.4. The van der Waals surface area contributed by atoms with Crippen molar-refractivity contribution in [2.45, 2.75) is 92.5 Å². The number of ketones is 3. The van der Waals surface area contributed by atoms with E-state index >= 15 is 0 Å². The second-order valence-electron chi connectivity index (χ2n) is 10.5. The van der Waals surface area contributed by atoms with Gasteiger partial charge in [-0.25, -0.2) is 0 Å². The summed E-state index contributed by atoms with van der Waals surface area (Å²) in [5.74, 6) is 0.489. The Hall–Kier alpha value is -1.64. The molecule has 0 saturated carbocycles. The van der Waals surface area contributed by atoms with Crippen molar-refractivity contribution in [3.8, 4) is 0 Å². The fraction of sp³-hybridized carbons (Fsp3) is 0.852. The molecule has 0 atom stereocenters. The maximum atomic E-state index is 12.6. The molecular formula is C27H49NO7. The van der Waals surface area contributed by atoms with Crippen LogP contribution in [0.1, 0.15) is 87.0 Å². The van der Waals surface area contributed by atoms with Gasteiger partial charge in [-0.05, 0) is 11.8 Å². The highest BCUT2D eigenvalue weighted by Gasteiger charge is 2.34. The summed E-state index contributed by atoms with van der Waals surface area (Å²) in [6.45, 7) is 14.3. The quantitative estimate of drug-likeness (QED) is 0.225. The van der Waals surface area contributed by atoms with Gasteiger partial charge in [0.2, 0.25) is 5.91 Å². The first kappa shape index (κ1) is 33.4. The lowest BCUT2D eigenvalue weighted by Gasteiger charge is -2.35. The second kappa shape index (κ2) is 18.6. The molecule has 0 aromatic carbocycles. The minimum absolute atomic E-state index is 0.0854. The zero-order valence-electron chi connectivity index (χ0n) is 23.1. The molecule has 1 amide bonds. The molecule has 0 bridgehead atoms. The van der Waals surface area contributed by atoms with E-state index in [9.17, 15) is 19.2 Å². The summed E-state index contributed by atoms with van der Waals surface area (Å²) >= 11 is 0. The zero-order valence-corrected chi connectivity index (χ0v) is 23.1. The van der Waals surface area contributed by atoms with Crippen molar-refractivity contribution < 1.29 is 33.4 Å². The van der Waals surface area contributed by atoms with Crippen molar-refractivity contribution in [2.24, 2.45) is 17.8 Å². The average Bonchev–Trinajstić information content (AvgIpc) is 2.76. The van der Waals surface area contributed by atoms with Gasteiger partial charge in [0.15, 0.2) is 0 Å². The van der Waals surface area contributed by atoms with Crippen LogP contribution in [0.5, 0.6) is 0 Å². The summed E-state index contributed by atoms with van der Waals surface area (Å²) < 4.78 is 17.4. The van der Waals surface area contributed by atoms with E-state index in [1.807, 2.05) is 27.7 Å². The zero-order chi connectivity index (χ0) is 26.9. The van der Waals surface area contributed by atoms with Gasteiger partial charge < -0.3 is 19.5 Å². The van der Waals surface area contributed by atoms with E-state index < -0.39 is 5.54 Å². The van der Waals surface area contributed by atoms with Gasteiger partial charge in [-0.2, -0.15) is 0 Å². The van der Waals surface area contributed by atoms with Crippen LogP contribution in [0, 0.1) is 17.8 Å². The molecule has 0 heterocycles. The summed E-state index contributed by atoms with van der Waals surface area (Å²) in [5.41, 5.74) is -1.00. The molecule has 35 heavy (non-hydrogen) atoms. The topological polar surface area (TPSA) is 108 Å². The third-order valence-electron chi connectivity index (χ3n) is 5.29. The van der Waals surface area contributed by atoms with E-state index in [1.54, 1.807) is 20.8 Å². The summed E-state index contributed by atoms with van der Waals surface area (Å²) in [6.07, 6.45) is 2.33. The van der Waals surface area contributed by atoms with Gasteiger partial charge in [0, 0.05) is 44.4 Å². The molecule has 8 heteroatoms. The van der Waals surface area contributed by atoms with Crippen molar-refractivity contribution >= 4 is 23.3 Å². The van der Waals surface area contributed by atoms with Crippen molar-refractivity contribution in [1.82, 2.24) is 5.32 Å². The van der Waals surface area contributed by atoms with Crippen LogP contribution >= 0.6 is 0 Å². The summed E-state index contributed by atoms with van der Waals surface area (Å²) in [6, 6.07) is 0. The smallest absolute Gasteiger partial charge is 0.223 e. The normalized spacial score (nSPS) is 11.9. The van der Waals surface area contributed by atoms with Gasteiger partial charge in [-0.1, -0.05) is 48.5 Å². The molecule has 0 aliphatic rings.